The van der Waals surface area contributed by atoms with Crippen molar-refractivity contribution in [1.82, 2.24) is 5.32 Å². The Kier molecular flexibility index (Phi) is 3.09. The van der Waals surface area contributed by atoms with Crippen molar-refractivity contribution in [1.29, 1.82) is 0 Å². The number of hydrogen-bond donors (Lipinski definition) is 1. The van der Waals surface area contributed by atoms with Gasteiger partial charge in [-0.25, -0.2) is 4.99 Å². The van der Waals surface area contributed by atoms with Crippen LogP contribution in [-0.2, 0) is 4.79 Å². The molecule has 0 saturated heterocycles. The Balaban J connectivity index is 2.31. The van der Waals surface area contributed by atoms with E-state index in [0.717, 1.165) is 11.4 Å². The van der Waals surface area contributed by atoms with Crippen molar-refractivity contribution in [2.75, 3.05) is 0 Å². The molecule has 1 aliphatic heterocycles. The van der Waals surface area contributed by atoms with Crippen molar-refractivity contribution in [2.24, 2.45) is 10.9 Å². The monoisotopic (exact) mass is 228 g/mol. The molecule has 1 aromatic rings. The van der Waals surface area contributed by atoms with Gasteiger partial charge in [-0.1, -0.05) is 43.7 Å². The molecule has 0 bridgehead atoms. The van der Waals surface area contributed by atoms with E-state index in [2.05, 4.69) is 10.3 Å². The molecule has 1 aromatic carbocycles. The van der Waals surface area contributed by atoms with Crippen LogP contribution in [0.1, 0.15) is 25.0 Å². The number of nitrogens with one attached hydrogen (secondary N) is 1. The smallest absolute Gasteiger partial charge is 0.275 e. The molecule has 88 valence electrons. The lowest BCUT2D eigenvalue weighted by Crippen LogP contribution is -2.27. The number of carbonyl (C=O) groups is 1. The van der Waals surface area contributed by atoms with E-state index in [4.69, 9.17) is 0 Å². The molecule has 1 amide bonds. The van der Waals surface area contributed by atoms with E-state index in [1.165, 1.54) is 5.56 Å². The van der Waals surface area contributed by atoms with E-state index in [1.807, 2.05) is 51.1 Å². The van der Waals surface area contributed by atoms with E-state index in [9.17, 15) is 4.79 Å². The molecule has 1 N–H and O–H groups in total. The predicted molar refractivity (Wildman–Crippen MR) is 69.6 cm³/mol. The normalized spacial score (nSPS) is 17.5. The van der Waals surface area contributed by atoms with Crippen LogP contribution in [0.15, 0.2) is 35.0 Å². The zero-order valence-electron chi connectivity index (χ0n) is 10.3. The molecule has 1 aliphatic rings. The van der Waals surface area contributed by atoms with Crippen LogP contribution in [0.25, 0.3) is 6.08 Å². The van der Waals surface area contributed by atoms with Crippen molar-refractivity contribution in [3.05, 3.63) is 41.1 Å². The quantitative estimate of drug-likeness (QED) is 0.776. The number of rotatable bonds is 2. The van der Waals surface area contributed by atoms with Crippen molar-refractivity contribution in [2.45, 2.75) is 20.8 Å². The van der Waals surface area contributed by atoms with Gasteiger partial charge in [0.25, 0.3) is 5.91 Å². The zero-order valence-corrected chi connectivity index (χ0v) is 10.3. The van der Waals surface area contributed by atoms with Gasteiger partial charge in [-0.15, -0.1) is 0 Å². The van der Waals surface area contributed by atoms with Gasteiger partial charge in [0.15, 0.2) is 0 Å². The number of amidine groups is 1. The van der Waals surface area contributed by atoms with E-state index in [1.54, 1.807) is 0 Å². The van der Waals surface area contributed by atoms with Gasteiger partial charge in [0.1, 0.15) is 11.5 Å². The third kappa shape index (κ3) is 2.61. The van der Waals surface area contributed by atoms with Gasteiger partial charge in [0.2, 0.25) is 0 Å². The summed E-state index contributed by atoms with van der Waals surface area (Å²) < 4.78 is 0. The average Bonchev–Trinajstić information content (AvgIpc) is 2.61. The highest BCUT2D eigenvalue weighted by Crippen LogP contribution is 2.15. The Labute approximate surface area is 101 Å². The van der Waals surface area contributed by atoms with Crippen LogP contribution >= 0.6 is 0 Å². The highest BCUT2D eigenvalue weighted by atomic mass is 16.2. The molecular formula is C14H16N2O. The largest absolute Gasteiger partial charge is 0.308 e. The highest BCUT2D eigenvalue weighted by Gasteiger charge is 2.21. The molecule has 2 rings (SSSR count). The first-order valence-corrected chi connectivity index (χ1v) is 5.74. The Morgan fingerprint density at radius 1 is 1.35 bits per heavy atom. The van der Waals surface area contributed by atoms with Crippen LogP contribution in [0.5, 0.6) is 0 Å². The highest BCUT2D eigenvalue weighted by molar-refractivity contribution is 6.14. The lowest BCUT2D eigenvalue weighted by atomic mass is 10.1. The summed E-state index contributed by atoms with van der Waals surface area (Å²) in [6.45, 7) is 6.04. The van der Waals surface area contributed by atoms with Crippen LogP contribution in [0.4, 0.5) is 0 Å². The van der Waals surface area contributed by atoms with Crippen LogP contribution in [0.3, 0.4) is 0 Å². The maximum absolute atomic E-state index is 11.7. The van der Waals surface area contributed by atoms with E-state index >= 15 is 0 Å². The number of carbonyl (C=O) groups excluding carboxylic acids is 1. The Morgan fingerprint density at radius 2 is 2.12 bits per heavy atom. The number of nitrogens with zero attached hydrogens (tertiary/aromatic N) is 1. The maximum atomic E-state index is 11.7. The van der Waals surface area contributed by atoms with Crippen LogP contribution in [-0.4, -0.2) is 11.7 Å². The summed E-state index contributed by atoms with van der Waals surface area (Å²) in [6.07, 6.45) is 1.82. The molecule has 0 unspecified atom stereocenters. The van der Waals surface area contributed by atoms with E-state index in [0.29, 0.717) is 5.70 Å². The second-order valence-corrected chi connectivity index (χ2v) is 4.55. The molecule has 0 fully saturated rings. The minimum Gasteiger partial charge on any atom is -0.308 e. The second-order valence-electron chi connectivity index (χ2n) is 4.55. The summed E-state index contributed by atoms with van der Waals surface area (Å²) in [5, 5.41) is 2.78. The summed E-state index contributed by atoms with van der Waals surface area (Å²) >= 11 is 0. The fourth-order valence-electron chi connectivity index (χ4n) is 1.68. The van der Waals surface area contributed by atoms with Crippen molar-refractivity contribution < 1.29 is 4.79 Å². The Morgan fingerprint density at radius 3 is 2.71 bits per heavy atom. The Hall–Kier alpha value is -1.90. The minimum atomic E-state index is -0.116. The first-order valence-electron chi connectivity index (χ1n) is 5.74. The second kappa shape index (κ2) is 4.53. The third-order valence-electron chi connectivity index (χ3n) is 2.61. The van der Waals surface area contributed by atoms with Gasteiger partial charge in [-0.3, -0.25) is 4.79 Å². The molecule has 0 aromatic heterocycles. The van der Waals surface area contributed by atoms with Gasteiger partial charge in [-0.05, 0) is 18.6 Å². The van der Waals surface area contributed by atoms with E-state index in [-0.39, 0.29) is 11.8 Å². The first-order chi connectivity index (χ1) is 8.06. The molecular weight excluding hydrogens is 212 g/mol. The van der Waals surface area contributed by atoms with Crippen molar-refractivity contribution >= 4 is 17.8 Å². The molecule has 1 heterocycles. The van der Waals surface area contributed by atoms with Crippen LogP contribution in [0, 0.1) is 12.8 Å². The van der Waals surface area contributed by atoms with Crippen molar-refractivity contribution in [3.63, 3.8) is 0 Å². The standard InChI is InChI=1S/C14H16N2O/c1-9(2)13-15-12(14(17)16-13)8-11-6-4-5-10(3)7-11/h4-9H,1-3H3,(H,15,16,17)/b12-8+. The molecule has 0 radical (unpaired) electrons. The topological polar surface area (TPSA) is 41.5 Å². The minimum absolute atomic E-state index is 0.116. The first kappa shape index (κ1) is 11.6. The molecule has 0 atom stereocenters. The van der Waals surface area contributed by atoms with Crippen molar-refractivity contribution in [3.8, 4) is 0 Å². The van der Waals surface area contributed by atoms with Gasteiger partial charge in [0, 0.05) is 5.92 Å². The number of aryl methyl sites for hydroxylation is 1. The summed E-state index contributed by atoms with van der Waals surface area (Å²) in [4.78, 5) is 16.0. The molecule has 0 saturated carbocycles. The average molecular weight is 228 g/mol. The van der Waals surface area contributed by atoms with Crippen LogP contribution < -0.4 is 5.32 Å². The van der Waals surface area contributed by atoms with Gasteiger partial charge in [0.05, 0.1) is 0 Å². The molecule has 0 spiro atoms. The zero-order chi connectivity index (χ0) is 12.4. The molecule has 3 heteroatoms. The summed E-state index contributed by atoms with van der Waals surface area (Å²) in [7, 11) is 0. The van der Waals surface area contributed by atoms with Crippen LogP contribution in [0.2, 0.25) is 0 Å². The summed E-state index contributed by atoms with van der Waals surface area (Å²) in [6, 6.07) is 8.00. The number of benzene rings is 1. The number of aliphatic imine (C=N–C) groups is 1. The Bertz CT molecular complexity index is 513. The maximum Gasteiger partial charge on any atom is 0.275 e. The lowest BCUT2D eigenvalue weighted by Gasteiger charge is -2.01. The van der Waals surface area contributed by atoms with Gasteiger partial charge >= 0.3 is 0 Å². The van der Waals surface area contributed by atoms with Gasteiger partial charge in [-0.2, -0.15) is 0 Å². The fourth-order valence-corrected chi connectivity index (χ4v) is 1.68. The SMILES string of the molecule is Cc1cccc(/C=C2/N=C(C(C)C)NC2=O)c1. The molecule has 17 heavy (non-hydrogen) atoms. The summed E-state index contributed by atoms with van der Waals surface area (Å²) in [5.74, 6) is 0.867. The van der Waals surface area contributed by atoms with E-state index < -0.39 is 0 Å². The molecule has 0 aliphatic carbocycles. The number of amides is 1. The molecule has 3 nitrogen and oxygen atoms in total. The third-order valence-corrected chi connectivity index (χ3v) is 2.61. The fraction of sp³-hybridized carbons (Fsp3) is 0.286. The summed E-state index contributed by atoms with van der Waals surface area (Å²) in [5.41, 5.74) is 2.66. The van der Waals surface area contributed by atoms with Gasteiger partial charge < -0.3 is 5.32 Å². The lowest BCUT2D eigenvalue weighted by molar-refractivity contribution is -0.115. The number of hydrogen-bond acceptors (Lipinski definition) is 2. The predicted octanol–water partition coefficient (Wildman–Crippen LogP) is 2.52.